The predicted octanol–water partition coefficient (Wildman–Crippen LogP) is 0.270. The van der Waals surface area contributed by atoms with E-state index >= 15 is 0 Å². The minimum Gasteiger partial charge on any atom is -0.377 e. The van der Waals surface area contributed by atoms with Crippen LogP contribution < -0.4 is 5.32 Å². The van der Waals surface area contributed by atoms with Crippen LogP contribution in [0.15, 0.2) is 0 Å². The lowest BCUT2D eigenvalue weighted by Crippen LogP contribution is -2.46. The lowest BCUT2D eigenvalue weighted by molar-refractivity contribution is -0.125. The second kappa shape index (κ2) is 5.99. The van der Waals surface area contributed by atoms with Crippen molar-refractivity contribution in [2.45, 2.75) is 37.8 Å². The zero-order valence-corrected chi connectivity index (χ0v) is 10.0. The summed E-state index contributed by atoms with van der Waals surface area (Å²) in [5.74, 6) is -0.0120. The molecule has 17 heavy (non-hydrogen) atoms. The van der Waals surface area contributed by atoms with Crippen LogP contribution in [-0.4, -0.2) is 49.2 Å². The monoisotopic (exact) mass is 237 g/mol. The first-order valence-corrected chi connectivity index (χ1v) is 6.31. The molecule has 2 aliphatic heterocycles. The van der Waals surface area contributed by atoms with E-state index in [1.807, 2.05) is 0 Å². The number of nitrogens with zero attached hydrogens (tertiary/aromatic N) is 2. The summed E-state index contributed by atoms with van der Waals surface area (Å²) in [6, 6.07) is 1.81. The van der Waals surface area contributed by atoms with E-state index in [1.54, 1.807) is 0 Å². The summed E-state index contributed by atoms with van der Waals surface area (Å²) in [6.07, 6.45) is 3.62. The van der Waals surface area contributed by atoms with Crippen LogP contribution in [0.2, 0.25) is 0 Å². The Balaban J connectivity index is 1.98. The molecule has 2 saturated heterocycles. The van der Waals surface area contributed by atoms with E-state index in [0.717, 1.165) is 39.0 Å². The molecule has 0 aliphatic carbocycles. The molecule has 0 aromatic rings. The summed E-state index contributed by atoms with van der Waals surface area (Å²) in [5, 5.41) is 11.7. The van der Waals surface area contributed by atoms with E-state index in [2.05, 4.69) is 16.3 Å². The van der Waals surface area contributed by atoms with Gasteiger partial charge < -0.3 is 10.1 Å². The van der Waals surface area contributed by atoms with E-state index in [-0.39, 0.29) is 24.5 Å². The first-order valence-electron chi connectivity index (χ1n) is 6.31. The summed E-state index contributed by atoms with van der Waals surface area (Å²) in [4.78, 5) is 14.0. The van der Waals surface area contributed by atoms with Gasteiger partial charge in [-0.1, -0.05) is 0 Å². The minimum atomic E-state index is -0.299. The van der Waals surface area contributed by atoms with E-state index in [0.29, 0.717) is 6.54 Å². The molecule has 0 spiro atoms. The molecule has 2 unspecified atom stereocenters. The lowest BCUT2D eigenvalue weighted by atomic mass is 10.1. The molecule has 2 atom stereocenters. The Labute approximate surface area is 102 Å². The molecule has 5 nitrogen and oxygen atoms in total. The molecule has 0 saturated carbocycles. The maximum Gasteiger partial charge on any atom is 0.238 e. The maximum atomic E-state index is 11.8. The molecular weight excluding hydrogens is 218 g/mol. The van der Waals surface area contributed by atoms with E-state index < -0.39 is 0 Å². The third-order valence-corrected chi connectivity index (χ3v) is 3.41. The van der Waals surface area contributed by atoms with Crippen LogP contribution in [-0.2, 0) is 9.53 Å². The summed E-state index contributed by atoms with van der Waals surface area (Å²) >= 11 is 0. The summed E-state index contributed by atoms with van der Waals surface area (Å²) < 4.78 is 5.60. The van der Waals surface area contributed by atoms with Crippen LogP contribution >= 0.6 is 0 Å². The van der Waals surface area contributed by atoms with Crippen LogP contribution in [0.25, 0.3) is 0 Å². The smallest absolute Gasteiger partial charge is 0.238 e. The van der Waals surface area contributed by atoms with Gasteiger partial charge in [0.15, 0.2) is 0 Å². The zero-order chi connectivity index (χ0) is 12.1. The second-order valence-corrected chi connectivity index (χ2v) is 4.65. The molecule has 0 aromatic heterocycles. The van der Waals surface area contributed by atoms with Crippen molar-refractivity contribution >= 4 is 5.91 Å². The zero-order valence-electron chi connectivity index (χ0n) is 10.0. The standard InChI is InChI=1S/C12H19N3O2/c13-5-4-11-12(16)14-6-2-7-15(11)9-10-3-1-8-17-10/h10-11H,1-4,6-9H2,(H,14,16). The highest BCUT2D eigenvalue weighted by molar-refractivity contribution is 5.82. The van der Waals surface area contributed by atoms with Crippen LogP contribution in [0.4, 0.5) is 0 Å². The number of rotatable bonds is 3. The van der Waals surface area contributed by atoms with Gasteiger partial charge in [-0.25, -0.2) is 0 Å². The third kappa shape index (κ3) is 3.18. The Hall–Kier alpha value is -1.12. The average molecular weight is 237 g/mol. The fourth-order valence-corrected chi connectivity index (χ4v) is 2.51. The maximum absolute atomic E-state index is 11.8. The molecule has 0 radical (unpaired) electrons. The summed E-state index contributed by atoms with van der Waals surface area (Å²) in [6.45, 7) is 3.18. The van der Waals surface area contributed by atoms with Gasteiger partial charge in [0.05, 0.1) is 18.6 Å². The van der Waals surface area contributed by atoms with Crippen molar-refractivity contribution in [3.63, 3.8) is 0 Å². The fourth-order valence-electron chi connectivity index (χ4n) is 2.51. The van der Waals surface area contributed by atoms with Gasteiger partial charge in [0.25, 0.3) is 0 Å². The fraction of sp³-hybridized carbons (Fsp3) is 0.833. The molecule has 1 N–H and O–H groups in total. The van der Waals surface area contributed by atoms with Crippen molar-refractivity contribution in [3.8, 4) is 6.07 Å². The van der Waals surface area contributed by atoms with Gasteiger partial charge in [-0.05, 0) is 19.3 Å². The van der Waals surface area contributed by atoms with Crippen molar-refractivity contribution in [2.24, 2.45) is 0 Å². The number of amides is 1. The average Bonchev–Trinajstić information content (AvgIpc) is 2.76. The largest absolute Gasteiger partial charge is 0.377 e. The molecule has 0 bridgehead atoms. The van der Waals surface area contributed by atoms with Crippen LogP contribution in [0.3, 0.4) is 0 Å². The quantitative estimate of drug-likeness (QED) is 0.765. The molecule has 2 fully saturated rings. The van der Waals surface area contributed by atoms with Gasteiger partial charge in [-0.3, -0.25) is 9.69 Å². The normalized spacial score (nSPS) is 30.6. The highest BCUT2D eigenvalue weighted by Gasteiger charge is 2.30. The number of hydrogen-bond donors (Lipinski definition) is 1. The Bertz CT molecular complexity index is 307. The number of carbonyl (C=O) groups excluding carboxylic acids is 1. The molecule has 94 valence electrons. The van der Waals surface area contributed by atoms with Crippen LogP contribution in [0.5, 0.6) is 0 Å². The third-order valence-electron chi connectivity index (χ3n) is 3.41. The van der Waals surface area contributed by atoms with E-state index in [1.165, 1.54) is 0 Å². The Morgan fingerprint density at radius 2 is 2.41 bits per heavy atom. The number of nitrogens with one attached hydrogen (secondary N) is 1. The van der Waals surface area contributed by atoms with Crippen molar-refractivity contribution in [3.05, 3.63) is 0 Å². The van der Waals surface area contributed by atoms with E-state index in [9.17, 15) is 4.79 Å². The SMILES string of the molecule is N#CCC1C(=O)NCCCN1CC1CCCO1. The summed E-state index contributed by atoms with van der Waals surface area (Å²) in [7, 11) is 0. The van der Waals surface area contributed by atoms with Crippen molar-refractivity contribution in [1.29, 1.82) is 5.26 Å². The first kappa shape index (κ1) is 12.3. The van der Waals surface area contributed by atoms with Gasteiger partial charge in [-0.2, -0.15) is 5.26 Å². The van der Waals surface area contributed by atoms with Gasteiger partial charge in [0, 0.05) is 26.2 Å². The van der Waals surface area contributed by atoms with E-state index in [4.69, 9.17) is 10.00 Å². The van der Waals surface area contributed by atoms with Crippen molar-refractivity contribution in [1.82, 2.24) is 10.2 Å². The van der Waals surface area contributed by atoms with Gasteiger partial charge >= 0.3 is 0 Å². The number of hydrogen-bond acceptors (Lipinski definition) is 4. The Morgan fingerprint density at radius 3 is 3.12 bits per heavy atom. The number of nitriles is 1. The highest BCUT2D eigenvalue weighted by Crippen LogP contribution is 2.17. The second-order valence-electron chi connectivity index (χ2n) is 4.65. The Kier molecular flexibility index (Phi) is 4.35. The molecule has 0 aromatic carbocycles. The molecule has 2 aliphatic rings. The van der Waals surface area contributed by atoms with Gasteiger partial charge in [-0.15, -0.1) is 0 Å². The Morgan fingerprint density at radius 1 is 1.53 bits per heavy atom. The molecule has 5 heteroatoms. The molecule has 1 amide bonds. The van der Waals surface area contributed by atoms with Crippen molar-refractivity contribution in [2.75, 3.05) is 26.2 Å². The molecule has 2 heterocycles. The number of ether oxygens (including phenoxy) is 1. The van der Waals surface area contributed by atoms with Crippen LogP contribution in [0.1, 0.15) is 25.7 Å². The minimum absolute atomic E-state index is 0.0120. The predicted molar refractivity (Wildman–Crippen MR) is 62.2 cm³/mol. The highest BCUT2D eigenvalue weighted by atomic mass is 16.5. The summed E-state index contributed by atoms with van der Waals surface area (Å²) in [5.41, 5.74) is 0. The lowest BCUT2D eigenvalue weighted by Gasteiger charge is -2.28. The topological polar surface area (TPSA) is 65.4 Å². The first-order chi connectivity index (χ1) is 8.31. The van der Waals surface area contributed by atoms with Crippen molar-refractivity contribution < 1.29 is 9.53 Å². The van der Waals surface area contributed by atoms with Gasteiger partial charge in [0.2, 0.25) is 5.91 Å². The van der Waals surface area contributed by atoms with Crippen LogP contribution in [0, 0.1) is 11.3 Å². The van der Waals surface area contributed by atoms with Gasteiger partial charge in [0.1, 0.15) is 6.04 Å². The molecule has 2 rings (SSSR count). The molecular formula is C12H19N3O2. The number of carbonyl (C=O) groups is 1.